The molecule has 1 fully saturated rings. The van der Waals surface area contributed by atoms with Crippen molar-refractivity contribution in [1.29, 1.82) is 0 Å². The number of rotatable bonds is 11. The van der Waals surface area contributed by atoms with Crippen LogP contribution in [0.5, 0.6) is 0 Å². The Labute approximate surface area is 170 Å². The molecule has 1 rings (SSSR count). The van der Waals surface area contributed by atoms with E-state index in [1.165, 1.54) is 37.1 Å². The maximum Gasteiger partial charge on any atom is 0.0927 e. The van der Waals surface area contributed by atoms with Crippen molar-refractivity contribution in [2.75, 3.05) is 47.3 Å². The Morgan fingerprint density at radius 1 is 0.778 bits per heavy atom. The Morgan fingerprint density at radius 3 is 1.48 bits per heavy atom. The van der Waals surface area contributed by atoms with E-state index in [0.29, 0.717) is 6.04 Å². The van der Waals surface area contributed by atoms with Gasteiger partial charge in [0.15, 0.2) is 0 Å². The highest BCUT2D eigenvalue weighted by atomic mass is 16.5. The predicted octanol–water partition coefficient (Wildman–Crippen LogP) is 4.87. The average Bonchev–Trinajstić information content (AvgIpc) is 2.65. The molecule has 0 aromatic rings. The van der Waals surface area contributed by atoms with Crippen LogP contribution in [0.1, 0.15) is 86.5 Å². The van der Waals surface area contributed by atoms with Crippen molar-refractivity contribution in [2.45, 2.75) is 104 Å². The summed E-state index contributed by atoms with van der Waals surface area (Å²) in [6.07, 6.45) is 7.28. The molecule has 161 valence electrons. The fourth-order valence-corrected chi connectivity index (χ4v) is 5.76. The van der Waals surface area contributed by atoms with Crippen molar-refractivity contribution in [3.8, 4) is 0 Å². The number of nitrogens with zero attached hydrogens (tertiary/aromatic N) is 3. The first kappa shape index (κ1) is 24.9. The van der Waals surface area contributed by atoms with E-state index in [4.69, 9.17) is 0 Å². The number of hydroxylamine groups is 2. The highest BCUT2D eigenvalue weighted by Crippen LogP contribution is 2.47. The van der Waals surface area contributed by atoms with E-state index in [-0.39, 0.29) is 11.1 Å². The van der Waals surface area contributed by atoms with Gasteiger partial charge in [-0.3, -0.25) is 0 Å². The van der Waals surface area contributed by atoms with Crippen molar-refractivity contribution in [1.82, 2.24) is 5.06 Å². The Balaban J connectivity index is 3.24. The first-order chi connectivity index (χ1) is 12.5. The number of hydrogen-bond donors (Lipinski definition) is 0. The van der Waals surface area contributed by atoms with Crippen molar-refractivity contribution < 1.29 is 14.2 Å². The molecule has 0 spiro atoms. The van der Waals surface area contributed by atoms with Crippen LogP contribution < -0.4 is 0 Å². The molecule has 1 radical (unpaired) electrons. The second-order valence-electron chi connectivity index (χ2n) is 10.2. The minimum absolute atomic E-state index is 0.178. The quantitative estimate of drug-likeness (QED) is 0.466. The molecule has 1 aliphatic heterocycles. The van der Waals surface area contributed by atoms with E-state index >= 15 is 0 Å². The predicted molar refractivity (Wildman–Crippen MR) is 116 cm³/mol. The fraction of sp³-hybridized carbons (Fsp3) is 1.00. The van der Waals surface area contributed by atoms with Crippen LogP contribution in [0.25, 0.3) is 0 Å². The SMILES string of the molecule is CCC1(CC)CC([N+](CC)(CC)CCC[N+](C)(C)C)CC(CC)(CC)N1[O]. The zero-order chi connectivity index (χ0) is 20.9. The van der Waals surface area contributed by atoms with Crippen LogP contribution in [0, 0.1) is 0 Å². The first-order valence-electron chi connectivity index (χ1n) is 11.7. The summed E-state index contributed by atoms with van der Waals surface area (Å²) in [5, 5.41) is 15.2. The van der Waals surface area contributed by atoms with Gasteiger partial charge in [0.2, 0.25) is 0 Å². The van der Waals surface area contributed by atoms with Gasteiger partial charge in [-0.05, 0) is 39.5 Å². The summed E-state index contributed by atoms with van der Waals surface area (Å²) < 4.78 is 2.23. The summed E-state index contributed by atoms with van der Waals surface area (Å²) in [6.45, 7) is 18.5. The standard InChI is InChI=1S/C23H50N3O/c1-10-22(11-2)19-21(20-23(12-3,13-4)24(22)27)26(14-5,15-6)18-16-17-25(7,8)9/h21H,10-20H2,1-9H3/q+2. The minimum Gasteiger partial charge on any atom is -0.331 e. The van der Waals surface area contributed by atoms with Crippen molar-refractivity contribution in [3.05, 3.63) is 0 Å². The molecule has 27 heavy (non-hydrogen) atoms. The fourth-order valence-electron chi connectivity index (χ4n) is 5.76. The summed E-state index contributed by atoms with van der Waals surface area (Å²) in [5.74, 6) is 0. The first-order valence-corrected chi connectivity index (χ1v) is 11.7. The smallest absolute Gasteiger partial charge is 0.0927 e. The highest BCUT2D eigenvalue weighted by molar-refractivity contribution is 5.03. The molecular weight excluding hydrogens is 334 g/mol. The van der Waals surface area contributed by atoms with E-state index in [0.717, 1.165) is 43.0 Å². The van der Waals surface area contributed by atoms with Crippen molar-refractivity contribution in [3.63, 3.8) is 0 Å². The summed E-state index contributed by atoms with van der Waals surface area (Å²) >= 11 is 0. The zero-order valence-corrected chi connectivity index (χ0v) is 20.1. The molecule has 0 bridgehead atoms. The van der Waals surface area contributed by atoms with Crippen molar-refractivity contribution in [2.24, 2.45) is 0 Å². The molecule has 0 amide bonds. The van der Waals surface area contributed by atoms with E-state index in [2.05, 4.69) is 62.7 Å². The number of hydrogen-bond acceptors (Lipinski definition) is 1. The Morgan fingerprint density at radius 2 is 1.19 bits per heavy atom. The largest absolute Gasteiger partial charge is 0.331 e. The van der Waals surface area contributed by atoms with Crippen LogP contribution in [0.3, 0.4) is 0 Å². The van der Waals surface area contributed by atoms with E-state index < -0.39 is 0 Å². The zero-order valence-electron chi connectivity index (χ0n) is 20.1. The van der Waals surface area contributed by atoms with Crippen LogP contribution in [-0.4, -0.2) is 78.5 Å². The molecular formula is C23H50N3O+2. The van der Waals surface area contributed by atoms with Gasteiger partial charge in [0.25, 0.3) is 0 Å². The third kappa shape index (κ3) is 5.07. The molecule has 0 aromatic heterocycles. The van der Waals surface area contributed by atoms with Gasteiger partial charge in [-0.1, -0.05) is 27.7 Å². The lowest BCUT2D eigenvalue weighted by Gasteiger charge is -2.59. The molecule has 4 nitrogen and oxygen atoms in total. The summed E-state index contributed by atoms with van der Waals surface area (Å²) in [4.78, 5) is 0. The second kappa shape index (κ2) is 9.56. The van der Waals surface area contributed by atoms with Crippen LogP contribution in [0.4, 0.5) is 0 Å². The van der Waals surface area contributed by atoms with Gasteiger partial charge in [-0.15, -0.1) is 10.3 Å². The third-order valence-corrected chi connectivity index (χ3v) is 8.19. The van der Waals surface area contributed by atoms with Gasteiger partial charge in [0, 0.05) is 19.3 Å². The van der Waals surface area contributed by atoms with Gasteiger partial charge >= 0.3 is 0 Å². The molecule has 0 unspecified atom stereocenters. The third-order valence-electron chi connectivity index (χ3n) is 8.19. The molecule has 0 saturated carbocycles. The Bertz CT molecular complexity index is 409. The second-order valence-corrected chi connectivity index (χ2v) is 10.2. The van der Waals surface area contributed by atoms with Crippen LogP contribution in [-0.2, 0) is 5.21 Å². The molecule has 1 aliphatic rings. The maximum atomic E-state index is 13.6. The highest BCUT2D eigenvalue weighted by Gasteiger charge is 2.56. The lowest BCUT2D eigenvalue weighted by atomic mass is 9.70. The Hall–Kier alpha value is -0.160. The van der Waals surface area contributed by atoms with Gasteiger partial charge < -0.3 is 8.97 Å². The Kier molecular flexibility index (Phi) is 8.81. The molecule has 4 heteroatoms. The molecule has 0 N–H and O–H groups in total. The lowest BCUT2D eigenvalue weighted by Crippen LogP contribution is -2.70. The summed E-state index contributed by atoms with van der Waals surface area (Å²) in [6, 6.07) is 0.609. The molecule has 1 saturated heterocycles. The van der Waals surface area contributed by atoms with Gasteiger partial charge in [-0.2, -0.15) is 0 Å². The molecule has 0 aliphatic carbocycles. The average molecular weight is 385 g/mol. The molecule has 1 heterocycles. The van der Waals surface area contributed by atoms with Gasteiger partial charge in [-0.25, -0.2) is 0 Å². The maximum absolute atomic E-state index is 13.6. The number of quaternary nitrogens is 2. The summed E-state index contributed by atoms with van der Waals surface area (Å²) in [7, 11) is 6.88. The van der Waals surface area contributed by atoms with E-state index in [1.54, 1.807) is 5.06 Å². The lowest BCUT2D eigenvalue weighted by molar-refractivity contribution is -0.955. The van der Waals surface area contributed by atoms with E-state index in [9.17, 15) is 5.21 Å². The normalized spacial score (nSPS) is 21.6. The molecule has 0 aromatic carbocycles. The van der Waals surface area contributed by atoms with Crippen LogP contribution in [0.2, 0.25) is 0 Å². The van der Waals surface area contributed by atoms with E-state index in [1.807, 2.05) is 0 Å². The topological polar surface area (TPSA) is 23.1 Å². The van der Waals surface area contributed by atoms with Gasteiger partial charge in [0.05, 0.1) is 64.4 Å². The minimum atomic E-state index is -0.178. The molecule has 0 atom stereocenters. The number of piperidine rings is 1. The summed E-state index contributed by atoms with van der Waals surface area (Å²) in [5.41, 5.74) is -0.355. The van der Waals surface area contributed by atoms with Crippen LogP contribution in [0.15, 0.2) is 0 Å². The van der Waals surface area contributed by atoms with Gasteiger partial charge in [0.1, 0.15) is 0 Å². The van der Waals surface area contributed by atoms with Crippen LogP contribution >= 0.6 is 0 Å². The monoisotopic (exact) mass is 384 g/mol. The van der Waals surface area contributed by atoms with Crippen molar-refractivity contribution >= 4 is 0 Å².